The molecular weight excluding hydrogens is 267 g/mol. The molecule has 0 bridgehead atoms. The van der Waals surface area contributed by atoms with E-state index in [4.69, 9.17) is 4.74 Å². The normalized spacial score (nSPS) is 13.7. The predicted octanol–water partition coefficient (Wildman–Crippen LogP) is 3.71. The summed E-state index contributed by atoms with van der Waals surface area (Å²) in [4.78, 5) is 0. The Morgan fingerprint density at radius 3 is 3.00 bits per heavy atom. The molecule has 0 amide bonds. The predicted molar refractivity (Wildman–Crippen MR) is 79.7 cm³/mol. The monoisotopic (exact) mass is 280 g/mol. The fourth-order valence-electron chi connectivity index (χ4n) is 2.57. The first kappa shape index (κ1) is 12.1. The van der Waals surface area contributed by atoms with Crippen LogP contribution in [-0.4, -0.2) is 16.2 Å². The second-order valence-corrected chi connectivity index (χ2v) is 5.21. The zero-order valence-electron chi connectivity index (χ0n) is 11.5. The van der Waals surface area contributed by atoms with E-state index in [1.165, 1.54) is 12.1 Å². The van der Waals surface area contributed by atoms with Crippen molar-refractivity contribution in [1.82, 2.24) is 9.61 Å². The third-order valence-electron chi connectivity index (χ3n) is 3.65. The lowest BCUT2D eigenvalue weighted by Gasteiger charge is -2.17. The van der Waals surface area contributed by atoms with Crippen molar-refractivity contribution in [1.29, 1.82) is 0 Å². The van der Waals surface area contributed by atoms with Crippen LogP contribution in [0.3, 0.4) is 0 Å². The van der Waals surface area contributed by atoms with E-state index < -0.39 is 0 Å². The maximum Gasteiger partial charge on any atom is 0.129 e. The largest absolute Gasteiger partial charge is 0.488 e. The minimum atomic E-state index is -0.278. The van der Waals surface area contributed by atoms with Crippen LogP contribution in [0.2, 0.25) is 0 Å². The van der Waals surface area contributed by atoms with Gasteiger partial charge in [0.25, 0.3) is 0 Å². The highest BCUT2D eigenvalue weighted by molar-refractivity contribution is 5.86. The average Bonchev–Trinajstić information content (AvgIpc) is 2.89. The smallest absolute Gasteiger partial charge is 0.129 e. The molecule has 104 valence electrons. The summed E-state index contributed by atoms with van der Waals surface area (Å²) in [5.74, 6) is 0.316. The van der Waals surface area contributed by atoms with Crippen LogP contribution in [0.15, 0.2) is 42.6 Å². The summed E-state index contributed by atoms with van der Waals surface area (Å²) in [5.41, 5.74) is 5.05. The maximum absolute atomic E-state index is 13.2. The second kappa shape index (κ2) is 4.45. The molecule has 0 unspecified atom stereocenters. The van der Waals surface area contributed by atoms with Crippen LogP contribution in [0.5, 0.6) is 5.75 Å². The molecule has 0 fully saturated rings. The fourth-order valence-corrected chi connectivity index (χ4v) is 2.57. The van der Waals surface area contributed by atoms with Crippen molar-refractivity contribution in [3.63, 3.8) is 0 Å². The van der Waals surface area contributed by atoms with Crippen LogP contribution in [0.25, 0.3) is 17.2 Å². The molecule has 0 saturated carbocycles. The van der Waals surface area contributed by atoms with E-state index in [0.717, 1.165) is 27.9 Å². The van der Waals surface area contributed by atoms with Crippen molar-refractivity contribution in [3.05, 3.63) is 65.2 Å². The van der Waals surface area contributed by atoms with Crippen molar-refractivity contribution in [3.8, 4) is 5.75 Å². The van der Waals surface area contributed by atoms with Gasteiger partial charge in [-0.25, -0.2) is 8.91 Å². The van der Waals surface area contributed by atoms with Crippen molar-refractivity contribution in [2.24, 2.45) is 0 Å². The minimum absolute atomic E-state index is 0.278. The molecule has 4 heteroatoms. The van der Waals surface area contributed by atoms with Gasteiger partial charge in [0.05, 0.1) is 11.2 Å². The Hall–Kier alpha value is -2.62. The molecule has 0 N–H and O–H groups in total. The molecule has 0 aliphatic carbocycles. The molecule has 3 heterocycles. The van der Waals surface area contributed by atoms with Gasteiger partial charge in [0.2, 0.25) is 0 Å². The minimum Gasteiger partial charge on any atom is -0.488 e. The number of aryl methyl sites for hydroxylation is 1. The van der Waals surface area contributed by atoms with Crippen LogP contribution in [-0.2, 0) is 0 Å². The topological polar surface area (TPSA) is 26.5 Å². The highest BCUT2D eigenvalue weighted by Gasteiger charge is 2.15. The van der Waals surface area contributed by atoms with Gasteiger partial charge in [-0.3, -0.25) is 0 Å². The molecular formula is C17H13FN2O. The summed E-state index contributed by atoms with van der Waals surface area (Å²) in [6, 6.07) is 10.7. The van der Waals surface area contributed by atoms with Gasteiger partial charge in [-0.2, -0.15) is 5.10 Å². The van der Waals surface area contributed by atoms with E-state index in [2.05, 4.69) is 11.2 Å². The first-order valence-electron chi connectivity index (χ1n) is 6.78. The molecule has 21 heavy (non-hydrogen) atoms. The molecule has 0 atom stereocenters. The van der Waals surface area contributed by atoms with E-state index in [-0.39, 0.29) is 5.82 Å². The number of hydrogen-bond acceptors (Lipinski definition) is 2. The van der Waals surface area contributed by atoms with Crippen LogP contribution >= 0.6 is 0 Å². The van der Waals surface area contributed by atoms with Crippen molar-refractivity contribution in [2.45, 2.75) is 6.92 Å². The summed E-state index contributed by atoms with van der Waals surface area (Å²) >= 11 is 0. The van der Waals surface area contributed by atoms with Gasteiger partial charge in [0, 0.05) is 23.4 Å². The van der Waals surface area contributed by atoms with Gasteiger partial charge < -0.3 is 4.74 Å². The van der Waals surface area contributed by atoms with E-state index in [1.807, 2.05) is 35.8 Å². The first-order chi connectivity index (χ1) is 10.2. The zero-order valence-corrected chi connectivity index (χ0v) is 11.5. The Morgan fingerprint density at radius 1 is 1.19 bits per heavy atom. The lowest BCUT2D eigenvalue weighted by molar-refractivity contribution is 0.363. The number of fused-ring (bicyclic) bond motifs is 2. The molecule has 1 aliphatic heterocycles. The van der Waals surface area contributed by atoms with Crippen LogP contribution in [0, 0.1) is 12.7 Å². The third-order valence-corrected chi connectivity index (χ3v) is 3.65. The van der Waals surface area contributed by atoms with Crippen molar-refractivity contribution < 1.29 is 9.13 Å². The summed E-state index contributed by atoms with van der Waals surface area (Å²) in [6.07, 6.45) is 4.03. The van der Waals surface area contributed by atoms with Crippen LogP contribution in [0.1, 0.15) is 16.8 Å². The van der Waals surface area contributed by atoms with Gasteiger partial charge in [0.15, 0.2) is 0 Å². The first-order valence-corrected chi connectivity index (χ1v) is 6.78. The summed E-state index contributed by atoms with van der Waals surface area (Å²) in [7, 11) is 0. The van der Waals surface area contributed by atoms with Gasteiger partial charge in [-0.05, 0) is 48.9 Å². The number of halogens is 1. The summed E-state index contributed by atoms with van der Waals surface area (Å²) < 4.78 is 20.7. The number of ether oxygens (including phenoxy) is 1. The number of aromatic nitrogens is 2. The van der Waals surface area contributed by atoms with Gasteiger partial charge >= 0.3 is 0 Å². The Morgan fingerprint density at radius 2 is 2.10 bits per heavy atom. The second-order valence-electron chi connectivity index (χ2n) is 5.21. The summed E-state index contributed by atoms with van der Waals surface area (Å²) in [6.45, 7) is 2.40. The zero-order chi connectivity index (χ0) is 14.4. The Balaban J connectivity index is 1.80. The standard InChI is InChI=1S/C17H13FN2O/c1-11-2-5-16-7-13(9-20(16)19-11)14-6-12-3-4-15(18)8-17(12)21-10-14/h2-9H,10H2,1H3. The number of rotatable bonds is 1. The maximum atomic E-state index is 13.2. The molecule has 1 aliphatic rings. The lowest BCUT2D eigenvalue weighted by atomic mass is 10.0. The Labute approximate surface area is 121 Å². The average molecular weight is 280 g/mol. The highest BCUT2D eigenvalue weighted by atomic mass is 19.1. The third kappa shape index (κ3) is 2.09. The number of nitrogens with zero attached hydrogens (tertiary/aromatic N) is 2. The van der Waals surface area contributed by atoms with Gasteiger partial charge in [-0.15, -0.1) is 0 Å². The molecule has 0 spiro atoms. The lowest BCUT2D eigenvalue weighted by Crippen LogP contribution is -2.06. The van der Waals surface area contributed by atoms with E-state index in [0.29, 0.717) is 12.4 Å². The van der Waals surface area contributed by atoms with E-state index in [1.54, 1.807) is 6.07 Å². The van der Waals surface area contributed by atoms with E-state index in [9.17, 15) is 4.39 Å². The van der Waals surface area contributed by atoms with Crippen molar-refractivity contribution >= 4 is 17.2 Å². The Bertz CT molecular complexity index is 880. The van der Waals surface area contributed by atoms with Crippen LogP contribution in [0.4, 0.5) is 4.39 Å². The fraction of sp³-hybridized carbons (Fsp3) is 0.118. The molecule has 3 aromatic rings. The SMILES string of the molecule is Cc1ccc2cc(C3=Cc4ccc(F)cc4OC3)cn2n1. The Kier molecular flexibility index (Phi) is 2.57. The number of benzene rings is 1. The van der Waals surface area contributed by atoms with E-state index >= 15 is 0 Å². The number of hydrogen-bond donors (Lipinski definition) is 0. The molecule has 0 saturated heterocycles. The molecule has 3 nitrogen and oxygen atoms in total. The van der Waals surface area contributed by atoms with Gasteiger partial charge in [-0.1, -0.05) is 0 Å². The summed E-state index contributed by atoms with van der Waals surface area (Å²) in [5, 5.41) is 4.45. The molecule has 2 aromatic heterocycles. The molecule has 4 rings (SSSR count). The van der Waals surface area contributed by atoms with Gasteiger partial charge in [0.1, 0.15) is 18.2 Å². The quantitative estimate of drug-likeness (QED) is 0.679. The van der Waals surface area contributed by atoms with Crippen LogP contribution < -0.4 is 4.74 Å². The van der Waals surface area contributed by atoms with Crippen molar-refractivity contribution in [2.75, 3.05) is 6.61 Å². The highest BCUT2D eigenvalue weighted by Crippen LogP contribution is 2.31. The molecule has 1 aromatic carbocycles. The molecule has 0 radical (unpaired) electrons.